The summed E-state index contributed by atoms with van der Waals surface area (Å²) < 4.78 is 17.6. The van der Waals surface area contributed by atoms with Crippen molar-refractivity contribution in [2.45, 2.75) is 20.4 Å². The molecule has 2 N–H and O–H groups in total. The van der Waals surface area contributed by atoms with Crippen molar-refractivity contribution in [1.29, 1.82) is 0 Å². The molecular weight excluding hydrogens is 472 g/mol. The highest BCUT2D eigenvalue weighted by Gasteiger charge is 2.13. The summed E-state index contributed by atoms with van der Waals surface area (Å²) in [4.78, 5) is 12.3. The molecule has 0 aromatic heterocycles. The summed E-state index contributed by atoms with van der Waals surface area (Å²) in [6, 6.07) is 19.1. The summed E-state index contributed by atoms with van der Waals surface area (Å²) in [5.41, 5.74) is 3.84. The van der Waals surface area contributed by atoms with E-state index in [9.17, 15) is 4.79 Å². The van der Waals surface area contributed by atoms with Gasteiger partial charge < -0.3 is 24.8 Å². The van der Waals surface area contributed by atoms with Crippen molar-refractivity contribution in [2.24, 2.45) is 0 Å². The number of amides is 1. The maximum absolute atomic E-state index is 12.3. The first kappa shape index (κ1) is 23.5. The highest BCUT2D eigenvalue weighted by molar-refractivity contribution is 9.10. The van der Waals surface area contributed by atoms with E-state index in [1.807, 2.05) is 74.5 Å². The van der Waals surface area contributed by atoms with Crippen LogP contribution in [0.15, 0.2) is 65.1 Å². The lowest BCUT2D eigenvalue weighted by atomic mass is 10.2. The summed E-state index contributed by atoms with van der Waals surface area (Å²) in [6.07, 6.45) is 0. The molecule has 0 aliphatic carbocycles. The van der Waals surface area contributed by atoms with Crippen molar-refractivity contribution < 1.29 is 19.0 Å². The van der Waals surface area contributed by atoms with Crippen molar-refractivity contribution in [2.75, 3.05) is 31.0 Å². The summed E-state index contributed by atoms with van der Waals surface area (Å²) in [6.45, 7) is 4.85. The van der Waals surface area contributed by atoms with E-state index in [0.29, 0.717) is 24.7 Å². The first-order chi connectivity index (χ1) is 15.5. The van der Waals surface area contributed by atoms with Crippen LogP contribution in [0.2, 0.25) is 0 Å². The molecule has 7 heteroatoms. The van der Waals surface area contributed by atoms with E-state index in [1.165, 1.54) is 0 Å². The molecule has 0 spiro atoms. The molecule has 3 rings (SSSR count). The van der Waals surface area contributed by atoms with Gasteiger partial charge in [-0.2, -0.15) is 0 Å². The number of nitrogens with one attached hydrogen (secondary N) is 2. The monoisotopic (exact) mass is 498 g/mol. The molecule has 0 bridgehead atoms. The van der Waals surface area contributed by atoms with Crippen molar-refractivity contribution in [3.63, 3.8) is 0 Å². The number of rotatable bonds is 10. The van der Waals surface area contributed by atoms with Gasteiger partial charge in [-0.3, -0.25) is 4.79 Å². The van der Waals surface area contributed by atoms with Gasteiger partial charge in [0.05, 0.1) is 13.7 Å². The molecule has 32 heavy (non-hydrogen) atoms. The van der Waals surface area contributed by atoms with Gasteiger partial charge in [0.1, 0.15) is 5.75 Å². The van der Waals surface area contributed by atoms with Gasteiger partial charge in [-0.1, -0.05) is 33.6 Å². The van der Waals surface area contributed by atoms with Gasteiger partial charge >= 0.3 is 0 Å². The zero-order valence-electron chi connectivity index (χ0n) is 18.4. The SMILES string of the molecule is CCOc1cc(CNc2ccc(OC)cc2)c(Br)cc1OCC(=O)Nc1ccc(C)cc1. The zero-order valence-corrected chi connectivity index (χ0v) is 20.0. The number of benzene rings is 3. The van der Waals surface area contributed by atoms with Crippen LogP contribution in [-0.2, 0) is 11.3 Å². The fourth-order valence-electron chi connectivity index (χ4n) is 2.98. The number of halogens is 1. The summed E-state index contributed by atoms with van der Waals surface area (Å²) in [5.74, 6) is 1.66. The molecule has 0 fully saturated rings. The zero-order chi connectivity index (χ0) is 22.9. The molecule has 3 aromatic rings. The second kappa shape index (κ2) is 11.4. The fourth-order valence-corrected chi connectivity index (χ4v) is 3.44. The number of carbonyl (C=O) groups excluding carboxylic acids is 1. The Bertz CT molecular complexity index is 1040. The highest BCUT2D eigenvalue weighted by Crippen LogP contribution is 2.34. The lowest BCUT2D eigenvalue weighted by molar-refractivity contribution is -0.118. The third kappa shape index (κ3) is 6.65. The molecule has 168 valence electrons. The van der Waals surface area contributed by atoms with Crippen LogP contribution in [0.25, 0.3) is 0 Å². The van der Waals surface area contributed by atoms with Crippen molar-refractivity contribution in [1.82, 2.24) is 0 Å². The van der Waals surface area contributed by atoms with Crippen LogP contribution in [0, 0.1) is 6.92 Å². The van der Waals surface area contributed by atoms with Crippen molar-refractivity contribution >= 4 is 33.2 Å². The van der Waals surface area contributed by atoms with Gasteiger partial charge in [-0.25, -0.2) is 0 Å². The largest absolute Gasteiger partial charge is 0.497 e. The fraction of sp³-hybridized carbons (Fsp3) is 0.240. The van der Waals surface area contributed by atoms with E-state index < -0.39 is 0 Å². The van der Waals surface area contributed by atoms with Crippen LogP contribution in [-0.4, -0.2) is 26.2 Å². The van der Waals surface area contributed by atoms with Crippen LogP contribution < -0.4 is 24.8 Å². The molecule has 0 atom stereocenters. The van der Waals surface area contributed by atoms with Crippen LogP contribution in [0.5, 0.6) is 17.2 Å². The van der Waals surface area contributed by atoms with Crippen LogP contribution in [0.4, 0.5) is 11.4 Å². The topological polar surface area (TPSA) is 68.8 Å². The molecule has 0 saturated carbocycles. The molecule has 3 aromatic carbocycles. The minimum absolute atomic E-state index is 0.121. The second-order valence-corrected chi connectivity index (χ2v) is 7.96. The van der Waals surface area contributed by atoms with E-state index in [0.717, 1.165) is 32.7 Å². The standard InChI is InChI=1S/C25H27BrN2O4/c1-4-31-23-13-18(15-27-19-9-11-21(30-3)12-10-19)22(26)14-24(23)32-16-25(29)28-20-7-5-17(2)6-8-20/h5-14,27H,4,15-16H2,1-3H3,(H,28,29). The van der Waals surface area contributed by atoms with Gasteiger partial charge in [-0.05, 0) is 67.9 Å². The third-order valence-electron chi connectivity index (χ3n) is 4.68. The average Bonchev–Trinajstić information content (AvgIpc) is 2.80. The summed E-state index contributed by atoms with van der Waals surface area (Å²) >= 11 is 3.60. The number of carbonyl (C=O) groups is 1. The Morgan fingerprint density at radius 1 is 0.938 bits per heavy atom. The maximum Gasteiger partial charge on any atom is 0.262 e. The maximum atomic E-state index is 12.3. The van der Waals surface area contributed by atoms with Crippen LogP contribution >= 0.6 is 15.9 Å². The molecule has 6 nitrogen and oxygen atoms in total. The Morgan fingerprint density at radius 2 is 1.59 bits per heavy atom. The van der Waals surface area contributed by atoms with E-state index in [2.05, 4.69) is 26.6 Å². The minimum Gasteiger partial charge on any atom is -0.497 e. The number of aryl methyl sites for hydroxylation is 1. The predicted octanol–water partition coefficient (Wildman–Crippen LogP) is 5.79. The quantitative estimate of drug-likeness (QED) is 0.370. The Balaban J connectivity index is 1.64. The van der Waals surface area contributed by atoms with Gasteiger partial charge in [-0.15, -0.1) is 0 Å². The average molecular weight is 499 g/mol. The first-order valence-corrected chi connectivity index (χ1v) is 11.1. The molecular formula is C25H27BrN2O4. The number of methoxy groups -OCH3 is 1. The van der Waals surface area contributed by atoms with Crippen molar-refractivity contribution in [3.8, 4) is 17.2 Å². The third-order valence-corrected chi connectivity index (χ3v) is 5.42. The normalized spacial score (nSPS) is 10.4. The summed E-state index contributed by atoms with van der Waals surface area (Å²) in [5, 5.41) is 6.21. The smallest absolute Gasteiger partial charge is 0.262 e. The number of hydrogen-bond acceptors (Lipinski definition) is 5. The number of anilines is 2. The Morgan fingerprint density at radius 3 is 2.25 bits per heavy atom. The van der Waals surface area contributed by atoms with E-state index >= 15 is 0 Å². The lowest BCUT2D eigenvalue weighted by Gasteiger charge is -2.16. The first-order valence-electron chi connectivity index (χ1n) is 10.3. The minimum atomic E-state index is -0.238. The van der Waals surface area contributed by atoms with E-state index in [1.54, 1.807) is 7.11 Å². The molecule has 1 amide bonds. The van der Waals surface area contributed by atoms with Crippen LogP contribution in [0.1, 0.15) is 18.1 Å². The van der Waals surface area contributed by atoms with Crippen LogP contribution in [0.3, 0.4) is 0 Å². The highest BCUT2D eigenvalue weighted by atomic mass is 79.9. The van der Waals surface area contributed by atoms with Gasteiger partial charge in [0.2, 0.25) is 0 Å². The molecule has 0 radical (unpaired) electrons. The molecule has 0 aliphatic heterocycles. The van der Waals surface area contributed by atoms with E-state index in [-0.39, 0.29) is 12.5 Å². The van der Waals surface area contributed by atoms with Crippen molar-refractivity contribution in [3.05, 3.63) is 76.3 Å². The Hall–Kier alpha value is -3.19. The molecule has 0 saturated heterocycles. The Kier molecular flexibility index (Phi) is 8.39. The predicted molar refractivity (Wildman–Crippen MR) is 131 cm³/mol. The molecule has 0 aliphatic rings. The van der Waals surface area contributed by atoms with E-state index in [4.69, 9.17) is 14.2 Å². The number of ether oxygens (including phenoxy) is 3. The lowest BCUT2D eigenvalue weighted by Crippen LogP contribution is -2.20. The van der Waals surface area contributed by atoms with Gasteiger partial charge in [0.15, 0.2) is 18.1 Å². The second-order valence-electron chi connectivity index (χ2n) is 7.11. The molecule has 0 heterocycles. The Labute approximate surface area is 197 Å². The van der Waals surface area contributed by atoms with Gasteiger partial charge in [0, 0.05) is 22.4 Å². The molecule has 0 unspecified atom stereocenters. The van der Waals surface area contributed by atoms with Gasteiger partial charge in [0.25, 0.3) is 5.91 Å². The summed E-state index contributed by atoms with van der Waals surface area (Å²) in [7, 11) is 1.64. The number of hydrogen-bond donors (Lipinski definition) is 2.